The molecule has 0 bridgehead atoms. The van der Waals surface area contributed by atoms with Gasteiger partial charge in [-0.15, -0.1) is 0 Å². The Hall–Kier alpha value is -3.10. The Labute approximate surface area is 193 Å². The molecule has 7 nitrogen and oxygen atoms in total. The molecular weight excluding hydrogens is 440 g/mol. The first-order valence-electron chi connectivity index (χ1n) is 11.0. The van der Waals surface area contributed by atoms with Gasteiger partial charge in [0.1, 0.15) is 0 Å². The van der Waals surface area contributed by atoms with Crippen LogP contribution in [-0.2, 0) is 34.9 Å². The number of fused-ring (bicyclic) bond motifs is 1. The second-order valence-electron chi connectivity index (χ2n) is 8.81. The molecule has 174 valence electrons. The summed E-state index contributed by atoms with van der Waals surface area (Å²) in [4.78, 5) is 12.8. The van der Waals surface area contributed by atoms with Crippen molar-refractivity contribution in [2.45, 2.75) is 57.1 Å². The second kappa shape index (κ2) is 8.68. The predicted octanol–water partition coefficient (Wildman–Crippen LogP) is 4.74. The number of sulfonamides is 1. The smallest absolute Gasteiger partial charge is 0.333 e. The molecule has 8 heteroatoms. The lowest BCUT2D eigenvalue weighted by atomic mass is 9.96. The highest BCUT2D eigenvalue weighted by molar-refractivity contribution is 7.89. The zero-order chi connectivity index (χ0) is 23.8. The molecule has 1 aromatic heterocycles. The maximum absolute atomic E-state index is 12.8. The normalized spacial score (nSPS) is 13.6. The van der Waals surface area contributed by atoms with Crippen molar-refractivity contribution in [2.75, 3.05) is 5.32 Å². The average Bonchev–Trinajstić information content (AvgIpc) is 3.43. The minimum absolute atomic E-state index is 0.294. The van der Waals surface area contributed by atoms with Gasteiger partial charge in [-0.05, 0) is 61.8 Å². The Morgan fingerprint density at radius 3 is 2.64 bits per heavy atom. The molecule has 3 aromatic rings. The topological polar surface area (TPSA) is 109 Å². The number of aryl methyl sites for hydroxylation is 2. The van der Waals surface area contributed by atoms with E-state index in [4.69, 9.17) is 4.42 Å². The lowest BCUT2D eigenvalue weighted by Crippen LogP contribution is -2.34. The van der Waals surface area contributed by atoms with Crippen LogP contribution >= 0.6 is 0 Å². The Morgan fingerprint density at radius 2 is 1.94 bits per heavy atom. The van der Waals surface area contributed by atoms with E-state index in [0.717, 1.165) is 54.2 Å². The van der Waals surface area contributed by atoms with Gasteiger partial charge in [-0.2, -0.15) is 8.42 Å². The fourth-order valence-electron chi connectivity index (χ4n) is 4.10. The van der Waals surface area contributed by atoms with Gasteiger partial charge in [0.15, 0.2) is 0 Å². The number of furan rings is 1. The number of hydrogen-bond acceptors (Lipinski definition) is 5. The van der Waals surface area contributed by atoms with E-state index in [9.17, 15) is 18.3 Å². The quantitative estimate of drug-likeness (QED) is 0.484. The van der Waals surface area contributed by atoms with Crippen molar-refractivity contribution in [1.82, 2.24) is 4.72 Å². The number of aliphatic hydroxyl groups is 1. The molecule has 1 heterocycles. The van der Waals surface area contributed by atoms with Crippen LogP contribution in [0.15, 0.2) is 58.2 Å². The molecule has 0 saturated carbocycles. The van der Waals surface area contributed by atoms with E-state index in [1.807, 2.05) is 22.9 Å². The van der Waals surface area contributed by atoms with Gasteiger partial charge in [-0.1, -0.05) is 43.3 Å². The second-order valence-corrected chi connectivity index (χ2v) is 10.4. The summed E-state index contributed by atoms with van der Waals surface area (Å²) >= 11 is 0. The van der Waals surface area contributed by atoms with E-state index in [1.165, 1.54) is 25.5 Å². The highest BCUT2D eigenvalue weighted by Crippen LogP contribution is 2.38. The van der Waals surface area contributed by atoms with Crippen LogP contribution in [0.4, 0.5) is 10.5 Å². The van der Waals surface area contributed by atoms with Gasteiger partial charge in [0.25, 0.3) is 10.0 Å². The van der Waals surface area contributed by atoms with Crippen molar-refractivity contribution < 1.29 is 22.7 Å². The van der Waals surface area contributed by atoms with E-state index in [1.54, 1.807) is 0 Å². The van der Waals surface area contributed by atoms with Crippen LogP contribution in [0.1, 0.15) is 49.4 Å². The number of hydrogen-bond donors (Lipinski definition) is 3. The molecule has 1 aliphatic rings. The molecule has 0 radical (unpaired) electrons. The third-order valence-corrected chi connectivity index (χ3v) is 7.14. The van der Waals surface area contributed by atoms with Crippen LogP contribution < -0.4 is 10.0 Å². The third kappa shape index (κ3) is 4.82. The van der Waals surface area contributed by atoms with Gasteiger partial charge >= 0.3 is 6.03 Å². The summed E-state index contributed by atoms with van der Waals surface area (Å²) in [6.45, 7) is 5.11. The van der Waals surface area contributed by atoms with Crippen LogP contribution in [0, 0.1) is 0 Å². The summed E-state index contributed by atoms with van der Waals surface area (Å²) in [5.41, 5.74) is 4.82. The lowest BCUT2D eigenvalue weighted by Gasteiger charge is -2.17. The summed E-state index contributed by atoms with van der Waals surface area (Å²) in [5, 5.41) is 12.4. The average molecular weight is 469 g/mol. The number of anilines is 1. The Bertz CT molecular complexity index is 1300. The number of amides is 2. The van der Waals surface area contributed by atoms with Crippen molar-refractivity contribution in [2.24, 2.45) is 0 Å². The minimum atomic E-state index is -4.26. The van der Waals surface area contributed by atoms with E-state index < -0.39 is 26.7 Å². The van der Waals surface area contributed by atoms with Crippen molar-refractivity contribution in [3.05, 3.63) is 71.0 Å². The summed E-state index contributed by atoms with van der Waals surface area (Å²) in [6.07, 6.45) is 4.76. The maximum Gasteiger partial charge on any atom is 0.333 e. The first-order valence-corrected chi connectivity index (χ1v) is 12.5. The molecule has 0 atom stereocenters. The van der Waals surface area contributed by atoms with Gasteiger partial charge in [-0.25, -0.2) is 9.52 Å². The van der Waals surface area contributed by atoms with Gasteiger partial charge in [0.2, 0.25) is 5.09 Å². The molecule has 1 aliphatic carbocycles. The SMILES string of the molecule is CCc1cccc(-c2ccc3c(c2NC(=O)NS(=O)(=O)c2cc(C(C)(C)O)co2)CCC3)c1. The summed E-state index contributed by atoms with van der Waals surface area (Å²) < 4.78 is 32.5. The minimum Gasteiger partial charge on any atom is -0.451 e. The number of benzene rings is 2. The molecule has 33 heavy (non-hydrogen) atoms. The zero-order valence-electron chi connectivity index (χ0n) is 18.9. The molecule has 0 saturated heterocycles. The largest absolute Gasteiger partial charge is 0.451 e. The zero-order valence-corrected chi connectivity index (χ0v) is 19.8. The highest BCUT2D eigenvalue weighted by atomic mass is 32.2. The van der Waals surface area contributed by atoms with Crippen LogP contribution in [0.2, 0.25) is 0 Å². The number of nitrogens with one attached hydrogen (secondary N) is 2. The molecule has 0 unspecified atom stereocenters. The fraction of sp³-hybridized carbons (Fsp3) is 0.320. The van der Waals surface area contributed by atoms with Gasteiger partial charge < -0.3 is 14.8 Å². The predicted molar refractivity (Wildman–Crippen MR) is 127 cm³/mol. The van der Waals surface area contributed by atoms with E-state index >= 15 is 0 Å². The third-order valence-electron chi connectivity index (χ3n) is 5.94. The number of rotatable bonds is 6. The van der Waals surface area contributed by atoms with Crippen molar-refractivity contribution in [1.29, 1.82) is 0 Å². The first-order chi connectivity index (χ1) is 15.6. The van der Waals surface area contributed by atoms with E-state index in [-0.39, 0.29) is 0 Å². The molecule has 3 N–H and O–H groups in total. The molecular formula is C25H28N2O5S. The van der Waals surface area contributed by atoms with Gasteiger partial charge in [0, 0.05) is 17.2 Å². The molecule has 0 spiro atoms. The molecule has 0 aliphatic heterocycles. The van der Waals surface area contributed by atoms with Crippen LogP contribution in [-0.4, -0.2) is 19.6 Å². The van der Waals surface area contributed by atoms with Crippen LogP contribution in [0.3, 0.4) is 0 Å². The Morgan fingerprint density at radius 1 is 1.15 bits per heavy atom. The number of carbonyl (C=O) groups is 1. The van der Waals surface area contributed by atoms with E-state index in [2.05, 4.69) is 30.4 Å². The van der Waals surface area contributed by atoms with Crippen LogP contribution in [0.5, 0.6) is 0 Å². The Kier molecular flexibility index (Phi) is 6.07. The first kappa shape index (κ1) is 23.1. The standard InChI is InChI=1S/C25H28N2O5S/c1-4-16-7-5-9-18(13-16)21-12-11-17-8-6-10-20(17)23(21)26-24(28)27-33(30,31)22-14-19(15-32-22)25(2,3)29/h5,7,9,11-15,29H,4,6,8,10H2,1-3H3,(H2,26,27,28). The number of urea groups is 1. The summed E-state index contributed by atoms with van der Waals surface area (Å²) in [5.74, 6) is 0. The fourth-order valence-corrected chi connectivity index (χ4v) is 4.95. The molecule has 2 aromatic carbocycles. The van der Waals surface area contributed by atoms with E-state index in [0.29, 0.717) is 11.3 Å². The molecule has 0 fully saturated rings. The van der Waals surface area contributed by atoms with Crippen LogP contribution in [0.25, 0.3) is 11.1 Å². The van der Waals surface area contributed by atoms with Gasteiger partial charge in [0.05, 0.1) is 17.6 Å². The summed E-state index contributed by atoms with van der Waals surface area (Å²) in [6, 6.07) is 12.5. The summed E-state index contributed by atoms with van der Waals surface area (Å²) in [7, 11) is -4.26. The highest BCUT2D eigenvalue weighted by Gasteiger charge is 2.27. The monoisotopic (exact) mass is 468 g/mol. The Balaban J connectivity index is 1.64. The molecule has 4 rings (SSSR count). The van der Waals surface area contributed by atoms with Crippen molar-refractivity contribution in [3.63, 3.8) is 0 Å². The maximum atomic E-state index is 12.8. The van der Waals surface area contributed by atoms with Gasteiger partial charge in [-0.3, -0.25) is 0 Å². The van der Waals surface area contributed by atoms with Crippen molar-refractivity contribution in [3.8, 4) is 11.1 Å². The lowest BCUT2D eigenvalue weighted by molar-refractivity contribution is 0.0779. The van der Waals surface area contributed by atoms with Crippen molar-refractivity contribution >= 4 is 21.7 Å². The molecule has 2 amide bonds. The number of carbonyl (C=O) groups excluding carboxylic acids is 1.